The molecule has 4 saturated carbocycles. The average Bonchev–Trinajstić information content (AvgIpc) is 3.02. The van der Waals surface area contributed by atoms with Crippen LogP contribution in [0.2, 0.25) is 0 Å². The lowest BCUT2D eigenvalue weighted by Gasteiger charge is -2.29. The molecule has 1 heterocycles. The van der Waals surface area contributed by atoms with Crippen LogP contribution in [0.5, 0.6) is 0 Å². The van der Waals surface area contributed by atoms with Gasteiger partial charge in [-0.15, -0.1) is 0 Å². The zero-order chi connectivity index (χ0) is 14.0. The Morgan fingerprint density at radius 3 is 2.67 bits per heavy atom. The van der Waals surface area contributed by atoms with Crippen LogP contribution >= 0.6 is 0 Å². The molecule has 4 fully saturated rings. The van der Waals surface area contributed by atoms with Crippen LogP contribution in [0.3, 0.4) is 0 Å². The fourth-order valence-electron chi connectivity index (χ4n) is 5.59. The number of rotatable bonds is 2. The van der Waals surface area contributed by atoms with Crippen LogP contribution in [0.15, 0.2) is 35.3 Å². The zero-order valence-electron chi connectivity index (χ0n) is 12.6. The largest absolute Gasteiger partial charge is 0.343 e. The predicted molar refractivity (Wildman–Crippen MR) is 86.8 cm³/mol. The quantitative estimate of drug-likeness (QED) is 0.733. The van der Waals surface area contributed by atoms with E-state index >= 15 is 0 Å². The number of benzene rings is 1. The highest BCUT2D eigenvalue weighted by atomic mass is 15.0. The van der Waals surface area contributed by atoms with Crippen LogP contribution in [0.25, 0.3) is 10.9 Å². The highest BCUT2D eigenvalue weighted by Crippen LogP contribution is 2.62. The average molecular weight is 278 g/mol. The van der Waals surface area contributed by atoms with E-state index in [1.807, 2.05) is 0 Å². The molecule has 0 aliphatic heterocycles. The summed E-state index contributed by atoms with van der Waals surface area (Å²) in [6, 6.07) is 10.9. The van der Waals surface area contributed by atoms with E-state index in [0.717, 1.165) is 17.8 Å². The second-order valence-corrected chi connectivity index (χ2v) is 7.59. The van der Waals surface area contributed by atoms with Crippen molar-refractivity contribution in [3.8, 4) is 0 Å². The van der Waals surface area contributed by atoms with Gasteiger partial charge in [0.15, 0.2) is 0 Å². The topological polar surface area (TPSA) is 17.3 Å². The molecule has 0 radical (unpaired) electrons. The van der Waals surface area contributed by atoms with Gasteiger partial charge in [-0.25, -0.2) is 0 Å². The first-order chi connectivity index (χ1) is 10.2. The summed E-state index contributed by atoms with van der Waals surface area (Å²) >= 11 is 0. The van der Waals surface area contributed by atoms with Gasteiger partial charge in [-0.3, -0.25) is 4.99 Å². The SMILES string of the molecule is Cn1c(C=NC23CC4CC(CC2C4)C3)cc2ccccc21. The van der Waals surface area contributed by atoms with E-state index in [9.17, 15) is 0 Å². The third-order valence-electron chi connectivity index (χ3n) is 6.39. The maximum Gasteiger partial charge on any atom is 0.0642 e. The molecule has 4 aliphatic carbocycles. The Balaban J connectivity index is 1.53. The molecule has 0 saturated heterocycles. The van der Waals surface area contributed by atoms with Gasteiger partial charge in [-0.05, 0) is 62.0 Å². The molecular weight excluding hydrogens is 256 g/mol. The molecule has 1 aromatic carbocycles. The maximum atomic E-state index is 5.18. The number of aliphatic imine (C=N–C) groups is 1. The van der Waals surface area contributed by atoms with Crippen LogP contribution < -0.4 is 0 Å². The Morgan fingerprint density at radius 1 is 1.14 bits per heavy atom. The number of nitrogens with zero attached hydrogens (tertiary/aromatic N) is 2. The second-order valence-electron chi connectivity index (χ2n) is 7.59. The minimum Gasteiger partial charge on any atom is -0.343 e. The minimum atomic E-state index is 0.310. The Kier molecular flexibility index (Phi) is 2.29. The first kappa shape index (κ1) is 12.0. The van der Waals surface area contributed by atoms with Gasteiger partial charge in [0.2, 0.25) is 0 Å². The van der Waals surface area contributed by atoms with Crippen molar-refractivity contribution in [3.63, 3.8) is 0 Å². The standard InChI is InChI=1S/C19H22N2/c1-21-17(9-15-4-2-3-5-18(15)21)12-20-19-10-13-6-14(11-19)8-16(19)7-13/h2-5,9,12-14,16H,6-8,10-11H2,1H3. The summed E-state index contributed by atoms with van der Waals surface area (Å²) in [5, 5.41) is 1.32. The molecule has 1 aromatic heterocycles. The summed E-state index contributed by atoms with van der Waals surface area (Å²) in [5.74, 6) is 2.84. The van der Waals surface area contributed by atoms with Crippen LogP contribution in [-0.4, -0.2) is 16.3 Å². The van der Waals surface area contributed by atoms with E-state index in [4.69, 9.17) is 4.99 Å². The van der Waals surface area contributed by atoms with E-state index in [1.54, 1.807) is 0 Å². The Hall–Kier alpha value is -1.57. The molecule has 4 aliphatic rings. The number of para-hydroxylation sites is 1. The molecule has 108 valence electrons. The van der Waals surface area contributed by atoms with Crippen molar-refractivity contribution in [2.75, 3.05) is 0 Å². The van der Waals surface area contributed by atoms with Gasteiger partial charge in [0.1, 0.15) is 0 Å². The summed E-state index contributed by atoms with van der Waals surface area (Å²) in [4.78, 5) is 5.18. The number of hydrogen-bond donors (Lipinski definition) is 0. The van der Waals surface area contributed by atoms with Crippen molar-refractivity contribution in [1.82, 2.24) is 4.57 Å². The van der Waals surface area contributed by atoms with Crippen LogP contribution in [0, 0.1) is 17.8 Å². The smallest absolute Gasteiger partial charge is 0.0642 e. The third kappa shape index (κ3) is 1.62. The van der Waals surface area contributed by atoms with E-state index in [-0.39, 0.29) is 0 Å². The van der Waals surface area contributed by atoms with Crippen molar-refractivity contribution >= 4 is 17.1 Å². The van der Waals surface area contributed by atoms with Gasteiger partial charge >= 0.3 is 0 Å². The molecular formula is C19H22N2. The van der Waals surface area contributed by atoms with Crippen LogP contribution in [0.4, 0.5) is 0 Å². The molecule has 2 atom stereocenters. The summed E-state index contributed by atoms with van der Waals surface area (Å²) in [7, 11) is 2.15. The highest BCUT2D eigenvalue weighted by molar-refractivity contribution is 5.90. The van der Waals surface area contributed by atoms with E-state index in [1.165, 1.54) is 48.7 Å². The van der Waals surface area contributed by atoms with Crippen LogP contribution in [0.1, 0.15) is 37.8 Å². The minimum absolute atomic E-state index is 0.310. The third-order valence-corrected chi connectivity index (χ3v) is 6.39. The molecule has 0 amide bonds. The number of aromatic nitrogens is 1. The lowest BCUT2D eigenvalue weighted by atomic mass is 9.81. The Morgan fingerprint density at radius 2 is 1.90 bits per heavy atom. The molecule has 2 heteroatoms. The fourth-order valence-corrected chi connectivity index (χ4v) is 5.59. The molecule has 4 bridgehead atoms. The van der Waals surface area contributed by atoms with Crippen molar-refractivity contribution in [1.29, 1.82) is 0 Å². The van der Waals surface area contributed by atoms with Gasteiger partial charge in [-0.2, -0.15) is 0 Å². The summed E-state index contributed by atoms with van der Waals surface area (Å²) < 4.78 is 2.27. The second kappa shape index (κ2) is 4.00. The van der Waals surface area contributed by atoms with Crippen molar-refractivity contribution in [2.24, 2.45) is 29.8 Å². The first-order valence-electron chi connectivity index (χ1n) is 8.33. The molecule has 21 heavy (non-hydrogen) atoms. The predicted octanol–water partition coefficient (Wildman–Crippen LogP) is 4.18. The van der Waals surface area contributed by atoms with Crippen molar-refractivity contribution in [2.45, 2.75) is 37.6 Å². The normalized spacial score (nSPS) is 37.3. The summed E-state index contributed by atoms with van der Waals surface area (Å²) in [5.41, 5.74) is 2.86. The maximum absolute atomic E-state index is 5.18. The monoisotopic (exact) mass is 278 g/mol. The summed E-state index contributed by atoms with van der Waals surface area (Å²) in [6.45, 7) is 0. The van der Waals surface area contributed by atoms with Crippen LogP contribution in [-0.2, 0) is 7.05 Å². The Bertz CT molecular complexity index is 725. The molecule has 2 aromatic rings. The number of aryl methyl sites for hydroxylation is 1. The van der Waals surface area contributed by atoms with Gasteiger partial charge in [0, 0.05) is 24.2 Å². The molecule has 0 N–H and O–H groups in total. The lowest BCUT2D eigenvalue weighted by Crippen LogP contribution is -2.28. The number of fused-ring (bicyclic) bond motifs is 1. The zero-order valence-corrected chi connectivity index (χ0v) is 12.6. The van der Waals surface area contributed by atoms with Gasteiger partial charge < -0.3 is 4.57 Å². The molecule has 6 rings (SSSR count). The van der Waals surface area contributed by atoms with E-state index in [0.29, 0.717) is 5.54 Å². The molecule has 2 nitrogen and oxygen atoms in total. The van der Waals surface area contributed by atoms with Crippen molar-refractivity contribution < 1.29 is 0 Å². The van der Waals surface area contributed by atoms with Gasteiger partial charge in [0.05, 0.1) is 11.2 Å². The molecule has 0 spiro atoms. The van der Waals surface area contributed by atoms with Crippen molar-refractivity contribution in [3.05, 3.63) is 36.0 Å². The van der Waals surface area contributed by atoms with Gasteiger partial charge in [0.25, 0.3) is 0 Å². The summed E-state index contributed by atoms with van der Waals surface area (Å²) in [6.07, 6.45) is 9.26. The first-order valence-corrected chi connectivity index (χ1v) is 8.33. The van der Waals surface area contributed by atoms with E-state index < -0.39 is 0 Å². The number of hydrogen-bond acceptors (Lipinski definition) is 1. The highest BCUT2D eigenvalue weighted by Gasteiger charge is 2.57. The van der Waals surface area contributed by atoms with Gasteiger partial charge in [-0.1, -0.05) is 18.2 Å². The van der Waals surface area contributed by atoms with E-state index in [2.05, 4.69) is 48.2 Å². The fraction of sp³-hybridized carbons (Fsp3) is 0.526. The lowest BCUT2D eigenvalue weighted by molar-refractivity contribution is 0.269. The Labute approximate surface area is 125 Å². The molecule has 2 unspecified atom stereocenters.